The first kappa shape index (κ1) is 25.0. The Bertz CT molecular complexity index is 1280. The molecule has 6 rings (SSSR count). The first-order chi connectivity index (χ1) is 18.0. The number of aromatic nitrogens is 1. The number of hydrogen-bond donors (Lipinski definition) is 2. The van der Waals surface area contributed by atoms with Crippen LogP contribution >= 0.6 is 23.2 Å². The highest BCUT2D eigenvalue weighted by atomic mass is 35.5. The Morgan fingerprint density at radius 1 is 0.973 bits per heavy atom. The van der Waals surface area contributed by atoms with Gasteiger partial charge in [-0.1, -0.05) is 47.5 Å². The largest absolute Gasteiger partial charge is 0.361 e. The number of piperidine rings is 1. The Morgan fingerprint density at radius 3 is 2.49 bits per heavy atom. The van der Waals surface area contributed by atoms with E-state index < -0.39 is 0 Å². The van der Waals surface area contributed by atoms with E-state index >= 15 is 0 Å². The van der Waals surface area contributed by atoms with E-state index in [0.29, 0.717) is 16.0 Å². The number of nitrogens with one attached hydrogen (secondary N) is 2. The molecule has 37 heavy (non-hydrogen) atoms. The molecule has 2 bridgehead atoms. The molecule has 3 fully saturated rings. The first-order valence-corrected chi connectivity index (χ1v) is 14.5. The molecule has 3 aromatic rings. The Balaban J connectivity index is 0.985. The van der Waals surface area contributed by atoms with Crippen molar-refractivity contribution in [2.75, 3.05) is 6.54 Å². The number of rotatable bonds is 6. The third-order valence-corrected chi connectivity index (χ3v) is 9.72. The normalized spacial score (nSPS) is 28.2. The van der Waals surface area contributed by atoms with Crippen molar-refractivity contribution < 1.29 is 4.79 Å². The number of halogens is 2. The van der Waals surface area contributed by atoms with Crippen molar-refractivity contribution in [1.82, 2.24) is 15.2 Å². The summed E-state index contributed by atoms with van der Waals surface area (Å²) in [6, 6.07) is 15.8. The molecule has 6 heteroatoms. The lowest BCUT2D eigenvalue weighted by atomic mass is 9.82. The topological polar surface area (TPSA) is 48.1 Å². The van der Waals surface area contributed by atoms with Crippen LogP contribution in [0.2, 0.25) is 10.0 Å². The third kappa shape index (κ3) is 5.48. The van der Waals surface area contributed by atoms with Gasteiger partial charge in [0, 0.05) is 47.8 Å². The maximum Gasteiger partial charge on any atom is 0.244 e. The van der Waals surface area contributed by atoms with E-state index in [-0.39, 0.29) is 11.9 Å². The summed E-state index contributed by atoms with van der Waals surface area (Å²) in [5, 5.41) is 5.63. The van der Waals surface area contributed by atoms with Crippen molar-refractivity contribution >= 4 is 46.1 Å². The zero-order valence-electron chi connectivity index (χ0n) is 21.1. The van der Waals surface area contributed by atoms with Crippen molar-refractivity contribution in [3.8, 4) is 0 Å². The maximum absolute atomic E-state index is 12.5. The summed E-state index contributed by atoms with van der Waals surface area (Å²) in [6.45, 7) is 1.23. The number of para-hydroxylation sites is 1. The zero-order valence-corrected chi connectivity index (χ0v) is 22.6. The van der Waals surface area contributed by atoms with Crippen LogP contribution in [0.15, 0.2) is 54.7 Å². The number of aromatic amines is 1. The Morgan fingerprint density at radius 2 is 1.73 bits per heavy atom. The molecule has 2 aliphatic heterocycles. The number of hydrogen-bond acceptors (Lipinski definition) is 2. The highest BCUT2D eigenvalue weighted by Crippen LogP contribution is 2.45. The zero-order chi connectivity index (χ0) is 25.4. The summed E-state index contributed by atoms with van der Waals surface area (Å²) in [5.41, 5.74) is 3.66. The lowest BCUT2D eigenvalue weighted by Crippen LogP contribution is -2.46. The second-order valence-electron chi connectivity index (χ2n) is 11.3. The van der Waals surface area contributed by atoms with Gasteiger partial charge in [0.15, 0.2) is 0 Å². The predicted octanol–water partition coefficient (Wildman–Crippen LogP) is 7.57. The van der Waals surface area contributed by atoms with E-state index in [4.69, 9.17) is 23.2 Å². The van der Waals surface area contributed by atoms with Gasteiger partial charge in [-0.25, -0.2) is 0 Å². The fraction of sp³-hybridized carbons (Fsp3) is 0.452. The SMILES string of the molecule is O=C(/C=C\c1ccc(Cl)c(Cl)c1)NC1CCC(CN2C3CCC2CC(c2c[nH]c4ccccc24)C3)CC1. The quantitative estimate of drug-likeness (QED) is 0.319. The minimum Gasteiger partial charge on any atom is -0.361 e. The summed E-state index contributed by atoms with van der Waals surface area (Å²) in [7, 11) is 0. The van der Waals surface area contributed by atoms with E-state index in [0.717, 1.165) is 36.4 Å². The molecular formula is C31H35Cl2N3O. The van der Waals surface area contributed by atoms with Crippen molar-refractivity contribution in [1.29, 1.82) is 0 Å². The second-order valence-corrected chi connectivity index (χ2v) is 12.1. The number of carbonyl (C=O) groups excluding carboxylic acids is 1. The van der Waals surface area contributed by atoms with Gasteiger partial charge < -0.3 is 10.3 Å². The average molecular weight is 537 g/mol. The molecule has 0 radical (unpaired) electrons. The van der Waals surface area contributed by atoms with E-state index in [9.17, 15) is 4.79 Å². The molecular weight excluding hydrogens is 501 g/mol. The minimum atomic E-state index is -0.0353. The minimum absolute atomic E-state index is 0.0353. The van der Waals surface area contributed by atoms with E-state index in [2.05, 4.69) is 45.7 Å². The number of fused-ring (bicyclic) bond motifs is 3. The lowest BCUT2D eigenvalue weighted by molar-refractivity contribution is -0.117. The Hall–Kier alpha value is -2.27. The molecule has 3 aliphatic rings. The van der Waals surface area contributed by atoms with Gasteiger partial charge in [0.05, 0.1) is 10.0 Å². The predicted molar refractivity (Wildman–Crippen MR) is 153 cm³/mol. The molecule has 2 N–H and O–H groups in total. The maximum atomic E-state index is 12.5. The molecule has 1 aromatic heterocycles. The van der Waals surface area contributed by atoms with Crippen LogP contribution in [-0.2, 0) is 4.79 Å². The summed E-state index contributed by atoms with van der Waals surface area (Å²) in [5.74, 6) is 1.38. The van der Waals surface area contributed by atoms with Crippen LogP contribution in [0.4, 0.5) is 0 Å². The van der Waals surface area contributed by atoms with Crippen LogP contribution in [0.3, 0.4) is 0 Å². The van der Waals surface area contributed by atoms with Crippen LogP contribution < -0.4 is 5.32 Å². The molecule has 4 nitrogen and oxygen atoms in total. The number of nitrogens with zero attached hydrogens (tertiary/aromatic N) is 1. The van der Waals surface area contributed by atoms with Gasteiger partial charge in [0.2, 0.25) is 5.91 Å². The van der Waals surface area contributed by atoms with Crippen LogP contribution in [-0.4, -0.2) is 40.5 Å². The Kier molecular flexibility index (Phi) is 7.34. The fourth-order valence-electron chi connectivity index (χ4n) is 7.08. The van der Waals surface area contributed by atoms with Crippen LogP contribution in [0.5, 0.6) is 0 Å². The number of carbonyl (C=O) groups is 1. The molecule has 2 aromatic carbocycles. The summed E-state index contributed by atoms with van der Waals surface area (Å²) in [6.07, 6.45) is 15.5. The molecule has 1 aliphatic carbocycles. The highest BCUT2D eigenvalue weighted by Gasteiger charge is 2.42. The molecule has 2 saturated heterocycles. The van der Waals surface area contributed by atoms with Crippen molar-refractivity contribution in [2.24, 2.45) is 5.92 Å². The van der Waals surface area contributed by atoms with Crippen LogP contribution in [0.1, 0.15) is 68.4 Å². The van der Waals surface area contributed by atoms with Gasteiger partial charge in [-0.3, -0.25) is 9.69 Å². The summed E-state index contributed by atoms with van der Waals surface area (Å²) < 4.78 is 0. The smallest absolute Gasteiger partial charge is 0.244 e. The van der Waals surface area contributed by atoms with Crippen LogP contribution in [0.25, 0.3) is 17.0 Å². The second kappa shape index (κ2) is 10.8. The van der Waals surface area contributed by atoms with Gasteiger partial charge in [0.1, 0.15) is 0 Å². The third-order valence-electron chi connectivity index (χ3n) is 8.98. The number of amides is 1. The molecule has 1 amide bonds. The van der Waals surface area contributed by atoms with Gasteiger partial charge in [-0.15, -0.1) is 0 Å². The number of benzene rings is 2. The van der Waals surface area contributed by atoms with Gasteiger partial charge in [-0.2, -0.15) is 0 Å². The van der Waals surface area contributed by atoms with Crippen molar-refractivity contribution in [3.63, 3.8) is 0 Å². The number of H-pyrrole nitrogens is 1. The molecule has 2 unspecified atom stereocenters. The van der Waals surface area contributed by atoms with Gasteiger partial charge in [-0.05, 0) is 98.6 Å². The van der Waals surface area contributed by atoms with Crippen molar-refractivity contribution in [3.05, 3.63) is 75.9 Å². The van der Waals surface area contributed by atoms with Gasteiger partial charge >= 0.3 is 0 Å². The molecule has 3 heterocycles. The van der Waals surface area contributed by atoms with Crippen LogP contribution in [0, 0.1) is 5.92 Å². The van der Waals surface area contributed by atoms with E-state index in [1.54, 1.807) is 24.3 Å². The van der Waals surface area contributed by atoms with Gasteiger partial charge in [0.25, 0.3) is 0 Å². The molecule has 194 valence electrons. The summed E-state index contributed by atoms with van der Waals surface area (Å²) >= 11 is 12.0. The standard InChI is InChI=1S/C31H35Cl2N3O/c32-28-13-7-20(15-29(28)33)8-14-31(37)35-23-9-5-21(6-10-23)19-36-24-11-12-25(36)17-22(16-24)27-18-34-30-4-2-1-3-26(27)30/h1-4,7-8,13-15,18,21-25,34H,5-6,9-12,16-17,19H2,(H,35,37)/b14-8-. The summed E-state index contributed by atoms with van der Waals surface area (Å²) in [4.78, 5) is 18.8. The molecule has 2 atom stereocenters. The highest BCUT2D eigenvalue weighted by molar-refractivity contribution is 6.42. The molecule has 1 saturated carbocycles. The average Bonchev–Trinajstić information content (AvgIpc) is 3.43. The lowest BCUT2D eigenvalue weighted by Gasteiger charge is -2.42. The first-order valence-electron chi connectivity index (χ1n) is 13.8. The molecule has 0 spiro atoms. The Labute approximate surface area is 229 Å². The van der Waals surface area contributed by atoms with E-state index in [1.165, 1.54) is 61.5 Å². The monoisotopic (exact) mass is 535 g/mol. The van der Waals surface area contributed by atoms with Crippen molar-refractivity contribution in [2.45, 2.75) is 75.4 Å². The fourth-order valence-corrected chi connectivity index (χ4v) is 7.39. The van der Waals surface area contributed by atoms with E-state index in [1.807, 2.05) is 6.07 Å².